The van der Waals surface area contributed by atoms with E-state index < -0.39 is 23.5 Å². The van der Waals surface area contributed by atoms with Crippen molar-refractivity contribution in [2.45, 2.75) is 38.4 Å². The summed E-state index contributed by atoms with van der Waals surface area (Å²) in [6.07, 6.45) is 0.349. The van der Waals surface area contributed by atoms with Gasteiger partial charge in [-0.05, 0) is 38.0 Å². The summed E-state index contributed by atoms with van der Waals surface area (Å²) in [5.74, 6) is 0.502. The average molecular weight is 327 g/mol. The Morgan fingerprint density at radius 2 is 1.88 bits per heavy atom. The third-order valence-electron chi connectivity index (χ3n) is 5.35. The van der Waals surface area contributed by atoms with Crippen LogP contribution < -0.4 is 4.74 Å². The van der Waals surface area contributed by atoms with Crippen molar-refractivity contribution in [1.29, 1.82) is 5.26 Å². The van der Waals surface area contributed by atoms with Gasteiger partial charge in [0.25, 0.3) is 0 Å². The van der Waals surface area contributed by atoms with E-state index in [0.29, 0.717) is 12.2 Å². The predicted octanol–water partition coefficient (Wildman–Crippen LogP) is 1.73. The van der Waals surface area contributed by atoms with Crippen LogP contribution in [-0.4, -0.2) is 47.9 Å². The van der Waals surface area contributed by atoms with Crippen LogP contribution in [0.25, 0.3) is 0 Å². The molecule has 0 unspecified atom stereocenters. The molecule has 0 aliphatic carbocycles. The van der Waals surface area contributed by atoms with E-state index in [-0.39, 0.29) is 11.8 Å². The monoisotopic (exact) mass is 327 g/mol. The molecule has 0 radical (unpaired) electrons. The van der Waals surface area contributed by atoms with E-state index in [2.05, 4.69) is 6.07 Å². The minimum atomic E-state index is -0.810. The van der Waals surface area contributed by atoms with Crippen molar-refractivity contribution >= 4 is 11.8 Å². The number of rotatable bonds is 2. The molecule has 2 aliphatic rings. The average Bonchev–Trinajstić information content (AvgIpc) is 2.92. The topological polar surface area (TPSA) is 73.6 Å². The minimum Gasteiger partial charge on any atom is -0.497 e. The van der Waals surface area contributed by atoms with Crippen LogP contribution in [0.15, 0.2) is 24.3 Å². The van der Waals surface area contributed by atoms with E-state index in [9.17, 15) is 14.9 Å². The number of carbonyl (C=O) groups is 2. The first-order valence-electron chi connectivity index (χ1n) is 7.98. The second-order valence-electron chi connectivity index (χ2n) is 6.80. The van der Waals surface area contributed by atoms with Crippen molar-refractivity contribution in [3.63, 3.8) is 0 Å². The summed E-state index contributed by atoms with van der Waals surface area (Å²) in [4.78, 5) is 28.6. The fourth-order valence-electron chi connectivity index (χ4n) is 3.81. The molecule has 2 aliphatic heterocycles. The molecule has 126 valence electrons. The van der Waals surface area contributed by atoms with Gasteiger partial charge < -0.3 is 14.5 Å². The molecule has 6 heteroatoms. The van der Waals surface area contributed by atoms with Crippen LogP contribution in [0, 0.1) is 16.7 Å². The van der Waals surface area contributed by atoms with Crippen LogP contribution in [-0.2, 0) is 9.59 Å². The van der Waals surface area contributed by atoms with Crippen molar-refractivity contribution in [2.75, 3.05) is 14.2 Å². The summed E-state index contributed by atoms with van der Waals surface area (Å²) in [5.41, 5.74) is 0.0374. The van der Waals surface area contributed by atoms with Gasteiger partial charge in [-0.25, -0.2) is 0 Å². The zero-order valence-corrected chi connectivity index (χ0v) is 14.3. The summed E-state index contributed by atoms with van der Waals surface area (Å²) in [7, 11) is 3.23. The van der Waals surface area contributed by atoms with Crippen molar-refractivity contribution in [3.05, 3.63) is 29.8 Å². The van der Waals surface area contributed by atoms with E-state index in [1.165, 1.54) is 4.90 Å². The van der Waals surface area contributed by atoms with Gasteiger partial charge in [0.15, 0.2) is 0 Å². The summed E-state index contributed by atoms with van der Waals surface area (Å²) in [6, 6.07) is 8.17. The Kier molecular flexibility index (Phi) is 3.75. The van der Waals surface area contributed by atoms with E-state index in [0.717, 1.165) is 5.56 Å². The van der Waals surface area contributed by atoms with Gasteiger partial charge in [-0.1, -0.05) is 12.1 Å². The summed E-state index contributed by atoms with van der Waals surface area (Å²) in [6.45, 7) is 3.55. The van der Waals surface area contributed by atoms with Crippen LogP contribution in [0.1, 0.15) is 31.9 Å². The summed E-state index contributed by atoms with van der Waals surface area (Å²) < 4.78 is 5.18. The maximum atomic E-state index is 12.9. The van der Waals surface area contributed by atoms with Crippen LogP contribution in [0.5, 0.6) is 5.75 Å². The van der Waals surface area contributed by atoms with Crippen molar-refractivity contribution in [3.8, 4) is 11.8 Å². The molecule has 4 atom stereocenters. The summed E-state index contributed by atoms with van der Waals surface area (Å²) >= 11 is 0. The third kappa shape index (κ3) is 2.15. The Hall–Kier alpha value is -2.55. The fraction of sp³-hybridized carbons (Fsp3) is 0.500. The molecule has 0 saturated carbocycles. The largest absolute Gasteiger partial charge is 0.497 e. The van der Waals surface area contributed by atoms with Gasteiger partial charge in [0.2, 0.25) is 11.8 Å². The molecule has 0 spiro atoms. The molecule has 24 heavy (non-hydrogen) atoms. The van der Waals surface area contributed by atoms with E-state index >= 15 is 0 Å². The zero-order valence-electron chi connectivity index (χ0n) is 14.3. The lowest BCUT2D eigenvalue weighted by Gasteiger charge is -2.42. The molecule has 0 aromatic heterocycles. The quantitative estimate of drug-likeness (QED) is 0.829. The van der Waals surface area contributed by atoms with Gasteiger partial charge >= 0.3 is 0 Å². The predicted molar refractivity (Wildman–Crippen MR) is 86.9 cm³/mol. The molecule has 6 nitrogen and oxygen atoms in total. The molecule has 1 aromatic carbocycles. The van der Waals surface area contributed by atoms with Gasteiger partial charge in [-0.15, -0.1) is 0 Å². The highest BCUT2D eigenvalue weighted by atomic mass is 16.5. The molecule has 1 aromatic rings. The first kappa shape index (κ1) is 16.3. The Labute approximate surface area is 141 Å². The van der Waals surface area contributed by atoms with Gasteiger partial charge in [0.05, 0.1) is 24.6 Å². The second-order valence-corrected chi connectivity index (χ2v) is 6.80. The van der Waals surface area contributed by atoms with Crippen molar-refractivity contribution < 1.29 is 14.3 Å². The molecule has 2 saturated heterocycles. The molecule has 2 amide bonds. The minimum absolute atomic E-state index is 0.0976. The SMILES string of the molecule is COc1ccc([C@@H]2N3C(=O)[C@@H](C)N(C)C(=O)[C@@H]3C[C@]2(C)C#N)cc1. The highest BCUT2D eigenvalue weighted by Gasteiger charge is 2.58. The lowest BCUT2D eigenvalue weighted by atomic mass is 9.79. The number of fused-ring (bicyclic) bond motifs is 1. The molecule has 0 N–H and O–H groups in total. The number of hydrogen-bond donors (Lipinski definition) is 0. The zero-order chi connectivity index (χ0) is 17.6. The number of nitriles is 1. The number of hydrogen-bond acceptors (Lipinski definition) is 4. The number of ether oxygens (including phenoxy) is 1. The highest BCUT2D eigenvalue weighted by Crippen LogP contribution is 2.51. The molecule has 3 rings (SSSR count). The first-order valence-corrected chi connectivity index (χ1v) is 7.98. The van der Waals surface area contributed by atoms with Crippen LogP contribution in [0.4, 0.5) is 0 Å². The summed E-state index contributed by atoms with van der Waals surface area (Å²) in [5, 5.41) is 9.77. The lowest BCUT2D eigenvalue weighted by Crippen LogP contribution is -2.60. The lowest BCUT2D eigenvalue weighted by molar-refractivity contribution is -0.159. The Morgan fingerprint density at radius 1 is 1.25 bits per heavy atom. The van der Waals surface area contributed by atoms with Gasteiger partial charge in [-0.3, -0.25) is 9.59 Å². The smallest absolute Gasteiger partial charge is 0.246 e. The van der Waals surface area contributed by atoms with E-state index in [1.807, 2.05) is 31.2 Å². The Bertz CT molecular complexity index is 724. The number of benzene rings is 1. The molecule has 2 heterocycles. The maximum Gasteiger partial charge on any atom is 0.246 e. The molecular weight excluding hydrogens is 306 g/mol. The standard InChI is InChI=1S/C18H21N3O3/c1-11-16(22)21-14(17(23)20(11)3)9-18(2,10-19)15(21)12-5-7-13(24-4)8-6-12/h5-8,11,14-15H,9H2,1-4H3/t11-,14+,15+,18-/m1/s1. The van der Waals surface area contributed by atoms with Crippen LogP contribution in [0.2, 0.25) is 0 Å². The molecular formula is C18H21N3O3. The van der Waals surface area contributed by atoms with Gasteiger partial charge in [-0.2, -0.15) is 5.26 Å². The van der Waals surface area contributed by atoms with Crippen molar-refractivity contribution in [2.24, 2.45) is 5.41 Å². The maximum absolute atomic E-state index is 12.9. The van der Waals surface area contributed by atoms with Gasteiger partial charge in [0.1, 0.15) is 17.8 Å². The molecule has 2 fully saturated rings. The van der Waals surface area contributed by atoms with Crippen LogP contribution in [0.3, 0.4) is 0 Å². The number of likely N-dealkylation sites (N-methyl/N-ethyl adjacent to an activating group) is 1. The third-order valence-corrected chi connectivity index (χ3v) is 5.35. The first-order chi connectivity index (χ1) is 11.3. The van der Waals surface area contributed by atoms with E-state index in [1.54, 1.807) is 26.0 Å². The fourth-order valence-corrected chi connectivity index (χ4v) is 3.81. The number of nitrogens with zero attached hydrogens (tertiary/aromatic N) is 3. The van der Waals surface area contributed by atoms with Crippen molar-refractivity contribution in [1.82, 2.24) is 9.80 Å². The highest BCUT2D eigenvalue weighted by molar-refractivity contribution is 5.97. The Balaban J connectivity index is 2.09. The van der Waals surface area contributed by atoms with E-state index in [4.69, 9.17) is 4.74 Å². The number of carbonyl (C=O) groups excluding carboxylic acids is 2. The number of piperazine rings is 1. The normalized spacial score (nSPS) is 32.5. The van der Waals surface area contributed by atoms with Crippen LogP contribution >= 0.6 is 0 Å². The number of methoxy groups -OCH3 is 1. The van der Waals surface area contributed by atoms with Gasteiger partial charge in [0, 0.05) is 7.05 Å². The second kappa shape index (κ2) is 5.52. The Morgan fingerprint density at radius 3 is 2.42 bits per heavy atom. The number of amides is 2. The molecule has 0 bridgehead atoms.